The molecule has 37 heavy (non-hydrogen) atoms. The first-order valence-electron chi connectivity index (χ1n) is 11.8. The molecule has 3 aromatic rings. The van der Waals surface area contributed by atoms with Crippen molar-refractivity contribution in [2.24, 2.45) is 7.05 Å². The Hall–Kier alpha value is -3.41. The summed E-state index contributed by atoms with van der Waals surface area (Å²) in [4.78, 5) is 35.4. The molecule has 1 N–H and O–H groups in total. The number of methoxy groups -OCH3 is 1. The van der Waals surface area contributed by atoms with Gasteiger partial charge in [0.1, 0.15) is 22.9 Å². The highest BCUT2D eigenvalue weighted by molar-refractivity contribution is 6.29. The van der Waals surface area contributed by atoms with Gasteiger partial charge in [-0.1, -0.05) is 18.2 Å². The molecule has 0 spiro atoms. The van der Waals surface area contributed by atoms with Gasteiger partial charge in [-0.2, -0.15) is 0 Å². The molecule has 12 heteroatoms. The zero-order valence-electron chi connectivity index (χ0n) is 21.0. The lowest BCUT2D eigenvalue weighted by atomic mass is 9.84. The van der Waals surface area contributed by atoms with Crippen LogP contribution in [-0.4, -0.2) is 53.4 Å². The van der Waals surface area contributed by atoms with Crippen molar-refractivity contribution >= 4 is 36.3 Å². The molecule has 0 unspecified atom stereocenters. The molecule has 1 fully saturated rings. The molecule has 1 atom stereocenters. The molecule has 4 rings (SSSR count). The molecule has 0 saturated carbocycles. The summed E-state index contributed by atoms with van der Waals surface area (Å²) < 4.78 is 48.5. The molecular weight excluding hydrogens is 486 g/mol. The van der Waals surface area contributed by atoms with Crippen molar-refractivity contribution in [3.8, 4) is 0 Å². The SMILES string of the molecule is [B]c1nc(N[C@H](C)c2cccc(C(F)F)c2F)c2cc(C3(OC)CCN(C(C)=O)CC3)c(=O)n(C)c2n1. The third-order valence-electron chi connectivity index (χ3n) is 7.10. The number of rotatable bonds is 6. The van der Waals surface area contributed by atoms with Crippen LogP contribution < -0.4 is 16.6 Å². The van der Waals surface area contributed by atoms with Crippen molar-refractivity contribution in [2.75, 3.05) is 25.5 Å². The van der Waals surface area contributed by atoms with Gasteiger partial charge in [-0.05, 0) is 25.8 Å². The summed E-state index contributed by atoms with van der Waals surface area (Å²) in [6, 6.07) is 4.67. The van der Waals surface area contributed by atoms with E-state index >= 15 is 0 Å². The number of hydrogen-bond donors (Lipinski definition) is 1. The number of ether oxygens (including phenoxy) is 1. The summed E-state index contributed by atoms with van der Waals surface area (Å²) in [5.74, 6) is -0.850. The van der Waals surface area contributed by atoms with Crippen molar-refractivity contribution < 1.29 is 22.7 Å². The van der Waals surface area contributed by atoms with E-state index in [4.69, 9.17) is 12.6 Å². The fourth-order valence-corrected chi connectivity index (χ4v) is 4.90. The number of anilines is 1. The maximum atomic E-state index is 14.8. The van der Waals surface area contributed by atoms with E-state index in [1.54, 1.807) is 24.9 Å². The summed E-state index contributed by atoms with van der Waals surface area (Å²) in [6.07, 6.45) is -2.14. The number of halogens is 3. The Morgan fingerprint density at radius 2 is 1.86 bits per heavy atom. The molecular formula is C25H27BF3N5O3. The van der Waals surface area contributed by atoms with Gasteiger partial charge in [0.25, 0.3) is 12.0 Å². The lowest BCUT2D eigenvalue weighted by Crippen LogP contribution is -2.48. The molecule has 1 amide bonds. The Bertz CT molecular complexity index is 1410. The van der Waals surface area contributed by atoms with Crippen LogP contribution in [-0.2, 0) is 22.2 Å². The molecule has 1 aliphatic rings. The van der Waals surface area contributed by atoms with Crippen LogP contribution in [0.5, 0.6) is 0 Å². The standard InChI is InChI=1S/C25H27BF3N5O3/c1-13(15-6-5-7-16(19(15)27)20(28)29)30-21-17-12-18(23(36)33(3)22(17)32-24(26)31-21)25(37-4)8-10-34(11-9-25)14(2)35/h5-7,12-13,20H,8-11H2,1-4H3,(H,30,31,32)/t13-/m1/s1. The maximum absolute atomic E-state index is 14.8. The van der Waals surface area contributed by atoms with Crippen LogP contribution in [0.1, 0.15) is 55.8 Å². The van der Waals surface area contributed by atoms with Crippen LogP contribution in [0.4, 0.5) is 19.0 Å². The molecule has 8 nitrogen and oxygen atoms in total. The first-order chi connectivity index (χ1) is 17.5. The Morgan fingerprint density at radius 3 is 2.46 bits per heavy atom. The summed E-state index contributed by atoms with van der Waals surface area (Å²) in [6.45, 7) is 3.94. The monoisotopic (exact) mass is 513 g/mol. The van der Waals surface area contributed by atoms with E-state index in [9.17, 15) is 22.8 Å². The van der Waals surface area contributed by atoms with Gasteiger partial charge in [-0.15, -0.1) is 0 Å². The van der Waals surface area contributed by atoms with Gasteiger partial charge in [-0.25, -0.2) is 23.1 Å². The molecule has 194 valence electrons. The van der Waals surface area contributed by atoms with E-state index in [-0.39, 0.29) is 34.2 Å². The van der Waals surface area contributed by atoms with Crippen molar-refractivity contribution in [3.05, 3.63) is 57.1 Å². The number of fused-ring (bicyclic) bond motifs is 1. The molecule has 3 heterocycles. The fraction of sp³-hybridized carbons (Fsp3) is 0.440. The highest BCUT2D eigenvalue weighted by Gasteiger charge is 2.40. The van der Waals surface area contributed by atoms with Crippen LogP contribution >= 0.6 is 0 Å². The maximum Gasteiger partial charge on any atom is 0.266 e. The first-order valence-corrected chi connectivity index (χ1v) is 11.8. The molecule has 2 radical (unpaired) electrons. The third-order valence-corrected chi connectivity index (χ3v) is 7.10. The normalized spacial score (nSPS) is 16.3. The number of nitrogens with one attached hydrogen (secondary N) is 1. The third kappa shape index (κ3) is 4.82. The minimum atomic E-state index is -2.96. The number of nitrogens with zero attached hydrogens (tertiary/aromatic N) is 4. The number of likely N-dealkylation sites (tertiary alicyclic amines) is 1. The van der Waals surface area contributed by atoms with Gasteiger partial charge in [0.2, 0.25) is 5.91 Å². The number of aromatic nitrogens is 3. The minimum absolute atomic E-state index is 0.0261. The zero-order chi connectivity index (χ0) is 27.1. The number of amides is 1. The summed E-state index contributed by atoms with van der Waals surface area (Å²) >= 11 is 0. The average molecular weight is 513 g/mol. The van der Waals surface area contributed by atoms with Crippen LogP contribution in [0, 0.1) is 5.82 Å². The molecule has 0 bridgehead atoms. The number of benzene rings is 1. The topological polar surface area (TPSA) is 89.4 Å². The Balaban J connectivity index is 1.81. The second-order valence-corrected chi connectivity index (χ2v) is 9.21. The van der Waals surface area contributed by atoms with Crippen LogP contribution in [0.3, 0.4) is 0 Å². The number of alkyl halides is 2. The predicted octanol–water partition coefficient (Wildman–Crippen LogP) is 2.86. The number of aryl methyl sites for hydroxylation is 1. The minimum Gasteiger partial charge on any atom is -0.373 e. The van der Waals surface area contributed by atoms with Crippen molar-refractivity contribution in [2.45, 2.75) is 44.8 Å². The lowest BCUT2D eigenvalue weighted by Gasteiger charge is -2.40. The van der Waals surface area contributed by atoms with Gasteiger partial charge >= 0.3 is 0 Å². The zero-order valence-corrected chi connectivity index (χ0v) is 21.0. The van der Waals surface area contributed by atoms with Gasteiger partial charge < -0.3 is 15.0 Å². The average Bonchev–Trinajstić information content (AvgIpc) is 2.86. The number of carbonyl (C=O) groups is 1. The largest absolute Gasteiger partial charge is 0.373 e. The van der Waals surface area contributed by atoms with Crippen LogP contribution in [0.25, 0.3) is 11.0 Å². The number of hydrogen-bond acceptors (Lipinski definition) is 6. The van der Waals surface area contributed by atoms with Crippen LogP contribution in [0.15, 0.2) is 29.1 Å². The van der Waals surface area contributed by atoms with E-state index in [0.717, 1.165) is 6.07 Å². The molecule has 2 aromatic heterocycles. The van der Waals surface area contributed by atoms with Gasteiger partial charge in [0.05, 0.1) is 28.3 Å². The van der Waals surface area contributed by atoms with E-state index in [2.05, 4.69) is 15.3 Å². The van der Waals surface area contributed by atoms with Gasteiger partial charge in [-0.3, -0.25) is 14.2 Å². The number of carbonyl (C=O) groups excluding carboxylic acids is 1. The van der Waals surface area contributed by atoms with E-state index in [1.807, 2.05) is 0 Å². The molecule has 1 aromatic carbocycles. The Kier molecular flexibility index (Phi) is 7.32. The van der Waals surface area contributed by atoms with Gasteiger partial charge in [0.15, 0.2) is 7.85 Å². The summed E-state index contributed by atoms with van der Waals surface area (Å²) in [5.41, 5.74) is -1.47. The number of piperidine rings is 1. The van der Waals surface area contributed by atoms with E-state index < -0.39 is 29.4 Å². The Labute approximate surface area is 213 Å². The van der Waals surface area contributed by atoms with Crippen molar-refractivity contribution in [3.63, 3.8) is 0 Å². The fourth-order valence-electron chi connectivity index (χ4n) is 4.90. The van der Waals surface area contributed by atoms with E-state index in [0.29, 0.717) is 36.9 Å². The van der Waals surface area contributed by atoms with E-state index in [1.165, 1.54) is 30.7 Å². The smallest absolute Gasteiger partial charge is 0.266 e. The second-order valence-electron chi connectivity index (χ2n) is 9.21. The van der Waals surface area contributed by atoms with Crippen LogP contribution in [0.2, 0.25) is 0 Å². The molecule has 1 saturated heterocycles. The van der Waals surface area contributed by atoms with Gasteiger partial charge in [0, 0.05) is 39.7 Å². The lowest BCUT2D eigenvalue weighted by molar-refractivity contribution is -0.135. The molecule has 1 aliphatic heterocycles. The highest BCUT2D eigenvalue weighted by Crippen LogP contribution is 2.37. The first kappa shape index (κ1) is 26.7. The Morgan fingerprint density at radius 1 is 1.22 bits per heavy atom. The number of pyridine rings is 1. The predicted molar refractivity (Wildman–Crippen MR) is 134 cm³/mol. The highest BCUT2D eigenvalue weighted by atomic mass is 19.3. The van der Waals surface area contributed by atoms with Crippen molar-refractivity contribution in [1.29, 1.82) is 0 Å². The second kappa shape index (κ2) is 10.2. The summed E-state index contributed by atoms with van der Waals surface area (Å²) in [5, 5.41) is 3.48. The molecule has 0 aliphatic carbocycles. The summed E-state index contributed by atoms with van der Waals surface area (Å²) in [7, 11) is 8.99. The van der Waals surface area contributed by atoms with Crippen molar-refractivity contribution in [1.82, 2.24) is 19.4 Å². The quantitative estimate of drug-likeness (QED) is 0.511.